The molecular weight excluding hydrogens is 410 g/mol. The third-order valence-corrected chi connectivity index (χ3v) is 7.00. The van der Waals surface area contributed by atoms with E-state index in [9.17, 15) is 4.79 Å². The van der Waals surface area contributed by atoms with Gasteiger partial charge in [0.25, 0.3) is 0 Å². The first-order valence-electron chi connectivity index (χ1n) is 10.1. The van der Waals surface area contributed by atoms with Crippen LogP contribution in [0, 0.1) is 6.92 Å². The van der Waals surface area contributed by atoms with Crippen LogP contribution < -0.4 is 10.5 Å². The molecule has 1 amide bonds. The first-order chi connectivity index (χ1) is 15.0. The van der Waals surface area contributed by atoms with E-state index in [-0.39, 0.29) is 11.8 Å². The van der Waals surface area contributed by atoms with Crippen molar-refractivity contribution in [1.82, 2.24) is 19.3 Å². The quantitative estimate of drug-likeness (QED) is 0.492. The van der Waals surface area contributed by atoms with Crippen molar-refractivity contribution in [3.63, 3.8) is 0 Å². The molecule has 0 bridgehead atoms. The molecule has 1 atom stereocenters. The van der Waals surface area contributed by atoms with Crippen molar-refractivity contribution in [3.8, 4) is 16.3 Å². The molecule has 1 aliphatic rings. The second kappa shape index (κ2) is 7.39. The van der Waals surface area contributed by atoms with E-state index < -0.39 is 0 Å². The van der Waals surface area contributed by atoms with Crippen LogP contribution in [0.4, 0.5) is 5.82 Å². The van der Waals surface area contributed by atoms with Crippen molar-refractivity contribution in [2.24, 2.45) is 0 Å². The van der Waals surface area contributed by atoms with E-state index in [2.05, 4.69) is 30.6 Å². The molecular formula is C23H23N5O2S. The number of aromatic nitrogens is 3. The van der Waals surface area contributed by atoms with Gasteiger partial charge in [0.15, 0.2) is 0 Å². The van der Waals surface area contributed by atoms with Crippen LogP contribution in [0.2, 0.25) is 0 Å². The van der Waals surface area contributed by atoms with E-state index in [1.54, 1.807) is 24.6 Å². The van der Waals surface area contributed by atoms with Gasteiger partial charge in [-0.05, 0) is 42.5 Å². The van der Waals surface area contributed by atoms with Gasteiger partial charge in [0.2, 0.25) is 5.91 Å². The molecule has 31 heavy (non-hydrogen) atoms. The van der Waals surface area contributed by atoms with Gasteiger partial charge in [-0.25, -0.2) is 9.97 Å². The summed E-state index contributed by atoms with van der Waals surface area (Å²) in [6, 6.07) is 6.32. The molecule has 4 aromatic rings. The minimum atomic E-state index is -0.0447. The smallest absolute Gasteiger partial charge is 0.245 e. The number of aryl methyl sites for hydroxylation is 1. The Morgan fingerprint density at radius 2 is 2.23 bits per heavy atom. The lowest BCUT2D eigenvalue weighted by Crippen LogP contribution is -2.26. The summed E-state index contributed by atoms with van der Waals surface area (Å²) in [5, 5.41) is 1.12. The number of carbonyl (C=O) groups excluding carboxylic acids is 1. The Morgan fingerprint density at radius 1 is 1.39 bits per heavy atom. The van der Waals surface area contributed by atoms with Crippen molar-refractivity contribution >= 4 is 38.7 Å². The van der Waals surface area contributed by atoms with Gasteiger partial charge in [0, 0.05) is 31.4 Å². The standard InChI is InChI=1S/C23H23N5O2S/c1-4-18(29)27-7-5-14(12-27)23-26-19(20-22(24)25-6-8-28(20)23)17-11-15-9-13(2)10-16(30-3)21(15)31-17/h4,6,8-11,14H,1,5,7,12H2,2-3H3,(H2,24,25). The average Bonchev–Trinajstić information content (AvgIpc) is 3.48. The predicted octanol–water partition coefficient (Wildman–Crippen LogP) is 4.01. The number of methoxy groups -OCH3 is 1. The molecule has 8 heteroatoms. The molecule has 4 heterocycles. The zero-order valence-corrected chi connectivity index (χ0v) is 18.3. The maximum Gasteiger partial charge on any atom is 0.245 e. The van der Waals surface area contributed by atoms with Gasteiger partial charge in [0.1, 0.15) is 28.6 Å². The van der Waals surface area contributed by atoms with E-state index in [1.807, 2.05) is 21.6 Å². The lowest BCUT2D eigenvalue weighted by atomic mass is 10.1. The van der Waals surface area contributed by atoms with E-state index >= 15 is 0 Å². The molecule has 0 radical (unpaired) electrons. The van der Waals surface area contributed by atoms with Crippen LogP contribution in [0.1, 0.15) is 23.7 Å². The molecule has 0 aliphatic carbocycles. The molecule has 1 aliphatic heterocycles. The number of nitrogens with two attached hydrogens (primary N) is 1. The van der Waals surface area contributed by atoms with Gasteiger partial charge in [-0.1, -0.05) is 12.6 Å². The number of hydrogen-bond acceptors (Lipinski definition) is 6. The van der Waals surface area contributed by atoms with Crippen LogP contribution >= 0.6 is 11.3 Å². The fourth-order valence-corrected chi connectivity index (χ4v) is 5.50. The molecule has 3 aromatic heterocycles. The summed E-state index contributed by atoms with van der Waals surface area (Å²) in [6.45, 7) is 6.97. The Labute approximate surface area is 183 Å². The number of hydrogen-bond donors (Lipinski definition) is 1. The molecule has 1 aromatic carbocycles. The number of benzene rings is 1. The van der Waals surface area contributed by atoms with Crippen LogP contribution in [-0.4, -0.2) is 45.4 Å². The lowest BCUT2D eigenvalue weighted by molar-refractivity contribution is -0.125. The minimum absolute atomic E-state index is 0.0447. The van der Waals surface area contributed by atoms with Crippen LogP contribution in [0.25, 0.3) is 26.2 Å². The monoisotopic (exact) mass is 433 g/mol. The topological polar surface area (TPSA) is 85.8 Å². The zero-order chi connectivity index (χ0) is 21.7. The second-order valence-electron chi connectivity index (χ2n) is 7.82. The number of fused-ring (bicyclic) bond motifs is 2. The average molecular weight is 434 g/mol. The van der Waals surface area contributed by atoms with Crippen molar-refractivity contribution in [3.05, 3.63) is 54.6 Å². The summed E-state index contributed by atoms with van der Waals surface area (Å²) in [5.74, 6) is 2.28. The molecule has 0 saturated carbocycles. The Bertz CT molecular complexity index is 1340. The second-order valence-corrected chi connectivity index (χ2v) is 8.87. The van der Waals surface area contributed by atoms with Crippen LogP contribution in [0.3, 0.4) is 0 Å². The van der Waals surface area contributed by atoms with E-state index in [0.29, 0.717) is 18.9 Å². The molecule has 2 N–H and O–H groups in total. The highest BCUT2D eigenvalue weighted by Gasteiger charge is 2.31. The van der Waals surface area contributed by atoms with Crippen LogP contribution in [0.5, 0.6) is 5.75 Å². The maximum atomic E-state index is 12.1. The SMILES string of the molecule is C=CC(=O)N1CCC(c2nc(-c3cc4cc(C)cc(OC)c4s3)c3c(N)nccn23)C1. The number of imidazole rings is 1. The fourth-order valence-electron chi connectivity index (χ4n) is 4.38. The van der Waals surface area contributed by atoms with Gasteiger partial charge in [-0.15, -0.1) is 11.3 Å². The van der Waals surface area contributed by atoms with E-state index in [1.165, 1.54) is 6.08 Å². The first kappa shape index (κ1) is 19.6. The van der Waals surface area contributed by atoms with Gasteiger partial charge in [-0.3, -0.25) is 9.20 Å². The van der Waals surface area contributed by atoms with Gasteiger partial charge in [-0.2, -0.15) is 0 Å². The number of nitrogen functional groups attached to an aromatic ring is 1. The Balaban J connectivity index is 1.66. The number of nitrogens with zero attached hydrogens (tertiary/aromatic N) is 4. The van der Waals surface area contributed by atoms with Crippen molar-refractivity contribution in [1.29, 1.82) is 0 Å². The highest BCUT2D eigenvalue weighted by molar-refractivity contribution is 7.22. The number of anilines is 1. The van der Waals surface area contributed by atoms with Crippen LogP contribution in [-0.2, 0) is 4.79 Å². The summed E-state index contributed by atoms with van der Waals surface area (Å²) in [5.41, 5.74) is 9.06. The third-order valence-electron chi connectivity index (χ3n) is 5.83. The van der Waals surface area contributed by atoms with Gasteiger partial charge >= 0.3 is 0 Å². The van der Waals surface area contributed by atoms with Crippen molar-refractivity contribution < 1.29 is 9.53 Å². The molecule has 0 spiro atoms. The summed E-state index contributed by atoms with van der Waals surface area (Å²) < 4.78 is 8.71. The highest BCUT2D eigenvalue weighted by Crippen LogP contribution is 2.42. The summed E-state index contributed by atoms with van der Waals surface area (Å²) in [6.07, 6.45) is 5.80. The normalized spacial score (nSPS) is 16.3. The summed E-state index contributed by atoms with van der Waals surface area (Å²) in [7, 11) is 1.69. The van der Waals surface area contributed by atoms with E-state index in [4.69, 9.17) is 15.5 Å². The summed E-state index contributed by atoms with van der Waals surface area (Å²) in [4.78, 5) is 24.2. The molecule has 1 unspecified atom stereocenters. The van der Waals surface area contributed by atoms with Crippen LogP contribution in [0.15, 0.2) is 43.2 Å². The predicted molar refractivity (Wildman–Crippen MR) is 124 cm³/mol. The Kier molecular flexibility index (Phi) is 4.66. The Morgan fingerprint density at radius 3 is 3.00 bits per heavy atom. The van der Waals surface area contributed by atoms with E-state index in [0.717, 1.165) is 49.7 Å². The maximum absolute atomic E-state index is 12.1. The zero-order valence-electron chi connectivity index (χ0n) is 17.5. The number of rotatable bonds is 4. The number of thiophene rings is 1. The minimum Gasteiger partial charge on any atom is -0.495 e. The van der Waals surface area contributed by atoms with Gasteiger partial charge in [0.05, 0.1) is 16.7 Å². The van der Waals surface area contributed by atoms with Gasteiger partial charge < -0.3 is 15.4 Å². The largest absolute Gasteiger partial charge is 0.495 e. The Hall–Kier alpha value is -3.39. The highest BCUT2D eigenvalue weighted by atomic mass is 32.1. The number of likely N-dealkylation sites (tertiary alicyclic amines) is 1. The molecule has 7 nitrogen and oxygen atoms in total. The summed E-state index contributed by atoms with van der Waals surface area (Å²) >= 11 is 1.64. The first-order valence-corrected chi connectivity index (χ1v) is 10.9. The number of amides is 1. The molecule has 5 rings (SSSR count). The molecule has 1 fully saturated rings. The third kappa shape index (κ3) is 3.14. The molecule has 158 valence electrons. The van der Waals surface area contributed by atoms with Crippen molar-refractivity contribution in [2.75, 3.05) is 25.9 Å². The number of ether oxygens (including phenoxy) is 1. The molecule has 1 saturated heterocycles. The lowest BCUT2D eigenvalue weighted by Gasteiger charge is -2.13. The fraction of sp³-hybridized carbons (Fsp3) is 0.261. The number of carbonyl (C=O) groups is 1. The van der Waals surface area contributed by atoms with Crippen molar-refractivity contribution in [2.45, 2.75) is 19.3 Å².